The van der Waals surface area contributed by atoms with Gasteiger partial charge in [0.1, 0.15) is 5.82 Å². The number of hydrogen-bond donors (Lipinski definition) is 0. The van der Waals surface area contributed by atoms with Crippen molar-refractivity contribution in [3.63, 3.8) is 0 Å². The van der Waals surface area contributed by atoms with Gasteiger partial charge in [-0.15, -0.1) is 0 Å². The number of hydrogen-bond acceptors (Lipinski definition) is 4. The highest BCUT2D eigenvalue weighted by Crippen LogP contribution is 2.37. The zero-order chi connectivity index (χ0) is 18.3. The fourth-order valence-corrected chi connectivity index (χ4v) is 3.50. The lowest BCUT2D eigenvalue weighted by atomic mass is 10.1. The Labute approximate surface area is 154 Å². The monoisotopic (exact) mass is 371 g/mol. The Morgan fingerprint density at radius 1 is 1.23 bits per heavy atom. The number of halogens is 2. The van der Waals surface area contributed by atoms with E-state index in [-0.39, 0.29) is 24.1 Å². The van der Waals surface area contributed by atoms with Crippen LogP contribution in [0.3, 0.4) is 0 Å². The summed E-state index contributed by atoms with van der Waals surface area (Å²) in [6.45, 7) is 2.34. The van der Waals surface area contributed by atoms with Crippen LogP contribution >= 0.6 is 11.6 Å². The Hall–Kier alpha value is -2.73. The van der Waals surface area contributed by atoms with Crippen molar-refractivity contribution in [1.82, 2.24) is 10.1 Å². The van der Waals surface area contributed by atoms with E-state index in [9.17, 15) is 9.18 Å². The molecule has 1 fully saturated rings. The molecule has 1 unspecified atom stereocenters. The molecule has 4 rings (SSSR count). The minimum atomic E-state index is -0.329. The third-order valence-electron chi connectivity index (χ3n) is 4.48. The Balaban J connectivity index is 1.59. The summed E-state index contributed by atoms with van der Waals surface area (Å²) < 4.78 is 18.4. The topological polar surface area (TPSA) is 59.2 Å². The van der Waals surface area contributed by atoms with Crippen LogP contribution in [0.5, 0.6) is 0 Å². The second-order valence-corrected chi connectivity index (χ2v) is 6.68. The van der Waals surface area contributed by atoms with E-state index in [1.807, 2.05) is 19.1 Å². The number of para-hydroxylation sites is 1. The van der Waals surface area contributed by atoms with Crippen LogP contribution in [0, 0.1) is 12.7 Å². The van der Waals surface area contributed by atoms with Gasteiger partial charge in [0, 0.05) is 18.5 Å². The van der Waals surface area contributed by atoms with Crippen molar-refractivity contribution >= 4 is 23.2 Å². The first-order valence-electron chi connectivity index (χ1n) is 8.18. The predicted molar refractivity (Wildman–Crippen MR) is 95.6 cm³/mol. The number of carbonyl (C=O) groups is 1. The molecule has 0 N–H and O–H groups in total. The Bertz CT molecular complexity index is 951. The molecule has 1 aliphatic heterocycles. The Morgan fingerprint density at radius 2 is 2.00 bits per heavy atom. The van der Waals surface area contributed by atoms with E-state index in [0.717, 1.165) is 11.3 Å². The largest absolute Gasteiger partial charge is 0.339 e. The van der Waals surface area contributed by atoms with Crippen molar-refractivity contribution in [2.75, 3.05) is 11.4 Å². The van der Waals surface area contributed by atoms with Crippen LogP contribution in [0.4, 0.5) is 10.1 Å². The van der Waals surface area contributed by atoms with E-state index in [4.69, 9.17) is 16.1 Å². The summed E-state index contributed by atoms with van der Waals surface area (Å²) >= 11 is 6.29. The average molecular weight is 372 g/mol. The van der Waals surface area contributed by atoms with Crippen LogP contribution in [0.25, 0.3) is 11.4 Å². The third-order valence-corrected chi connectivity index (χ3v) is 4.78. The number of anilines is 1. The smallest absolute Gasteiger partial charge is 0.232 e. The van der Waals surface area contributed by atoms with Gasteiger partial charge in [0.15, 0.2) is 0 Å². The van der Waals surface area contributed by atoms with E-state index >= 15 is 0 Å². The fourth-order valence-electron chi connectivity index (χ4n) is 3.17. The van der Waals surface area contributed by atoms with E-state index < -0.39 is 0 Å². The molecule has 1 saturated heterocycles. The van der Waals surface area contributed by atoms with Crippen molar-refractivity contribution < 1.29 is 13.7 Å². The highest BCUT2D eigenvalue weighted by atomic mass is 35.5. The number of aryl methyl sites for hydroxylation is 1. The number of rotatable bonds is 3. The molecule has 1 amide bonds. The van der Waals surface area contributed by atoms with E-state index in [1.54, 1.807) is 23.1 Å². The Kier molecular flexibility index (Phi) is 4.20. The molecule has 2 heterocycles. The van der Waals surface area contributed by atoms with Crippen molar-refractivity contribution in [3.05, 3.63) is 64.8 Å². The van der Waals surface area contributed by atoms with Crippen molar-refractivity contribution in [2.24, 2.45) is 0 Å². The SMILES string of the molecule is Cc1cccc(Cl)c1N1CC(c2nc(-c3ccc(F)cc3)no2)CC1=O. The molecule has 2 aromatic carbocycles. The molecule has 5 nitrogen and oxygen atoms in total. The molecule has 132 valence electrons. The molecule has 1 aliphatic rings. The predicted octanol–water partition coefficient (Wildman–Crippen LogP) is 4.36. The average Bonchev–Trinajstić information content (AvgIpc) is 3.23. The van der Waals surface area contributed by atoms with Gasteiger partial charge < -0.3 is 9.42 Å². The van der Waals surface area contributed by atoms with Crippen LogP contribution in [-0.4, -0.2) is 22.6 Å². The summed E-state index contributed by atoms with van der Waals surface area (Å²) in [6.07, 6.45) is 0.274. The standard InChI is InChI=1S/C19H15ClFN3O2/c1-11-3-2-4-15(20)17(11)24-10-13(9-16(24)25)19-22-18(23-26-19)12-5-7-14(21)8-6-12/h2-8,13H,9-10H2,1H3. The zero-order valence-electron chi connectivity index (χ0n) is 13.9. The number of amides is 1. The molecule has 26 heavy (non-hydrogen) atoms. The zero-order valence-corrected chi connectivity index (χ0v) is 14.7. The lowest BCUT2D eigenvalue weighted by molar-refractivity contribution is -0.117. The molecule has 0 saturated carbocycles. The molecule has 0 bridgehead atoms. The van der Waals surface area contributed by atoms with Crippen LogP contribution < -0.4 is 4.90 Å². The van der Waals surface area contributed by atoms with E-state index in [2.05, 4.69) is 10.1 Å². The normalized spacial score (nSPS) is 17.1. The fraction of sp³-hybridized carbons (Fsp3) is 0.211. The third kappa shape index (κ3) is 2.97. The lowest BCUT2D eigenvalue weighted by Gasteiger charge is -2.20. The van der Waals surface area contributed by atoms with Crippen LogP contribution in [0.1, 0.15) is 23.8 Å². The number of benzene rings is 2. The number of nitrogens with zero attached hydrogens (tertiary/aromatic N) is 3. The summed E-state index contributed by atoms with van der Waals surface area (Å²) in [5.74, 6) is 0.196. The van der Waals surface area contributed by atoms with Crippen LogP contribution in [-0.2, 0) is 4.79 Å². The minimum Gasteiger partial charge on any atom is -0.339 e. The molecule has 0 spiro atoms. The summed E-state index contributed by atoms with van der Waals surface area (Å²) in [4.78, 5) is 18.6. The highest BCUT2D eigenvalue weighted by Gasteiger charge is 2.36. The lowest BCUT2D eigenvalue weighted by Crippen LogP contribution is -2.25. The van der Waals surface area contributed by atoms with E-state index in [0.29, 0.717) is 28.8 Å². The number of aromatic nitrogens is 2. The first kappa shape index (κ1) is 16.7. The van der Waals surface area contributed by atoms with Gasteiger partial charge in [-0.25, -0.2) is 4.39 Å². The number of carbonyl (C=O) groups excluding carboxylic acids is 1. The molecule has 0 radical (unpaired) electrons. The molecule has 1 atom stereocenters. The van der Waals surface area contributed by atoms with Gasteiger partial charge in [0.2, 0.25) is 17.6 Å². The molecular formula is C19H15ClFN3O2. The summed E-state index contributed by atoms with van der Waals surface area (Å²) in [6, 6.07) is 11.4. The van der Waals surface area contributed by atoms with Crippen molar-refractivity contribution in [1.29, 1.82) is 0 Å². The first-order valence-corrected chi connectivity index (χ1v) is 8.56. The van der Waals surface area contributed by atoms with Crippen molar-refractivity contribution in [2.45, 2.75) is 19.3 Å². The molecule has 0 aliphatic carbocycles. The maximum Gasteiger partial charge on any atom is 0.232 e. The van der Waals surface area contributed by atoms with Crippen LogP contribution in [0.15, 0.2) is 47.0 Å². The van der Waals surface area contributed by atoms with Gasteiger partial charge in [0.25, 0.3) is 0 Å². The first-order chi connectivity index (χ1) is 12.5. The van der Waals surface area contributed by atoms with Gasteiger partial charge >= 0.3 is 0 Å². The van der Waals surface area contributed by atoms with Gasteiger partial charge in [-0.3, -0.25) is 4.79 Å². The summed E-state index contributed by atoms with van der Waals surface area (Å²) in [5.41, 5.74) is 2.31. The molecule has 7 heteroatoms. The summed E-state index contributed by atoms with van der Waals surface area (Å²) in [5, 5.41) is 4.49. The minimum absolute atomic E-state index is 0.0345. The maximum absolute atomic E-state index is 13.0. The van der Waals surface area contributed by atoms with Crippen molar-refractivity contribution in [3.8, 4) is 11.4 Å². The summed E-state index contributed by atoms with van der Waals surface area (Å²) in [7, 11) is 0. The molecular weight excluding hydrogens is 357 g/mol. The van der Waals surface area contributed by atoms with Gasteiger partial charge in [-0.05, 0) is 42.8 Å². The maximum atomic E-state index is 13.0. The van der Waals surface area contributed by atoms with Gasteiger partial charge in [-0.2, -0.15) is 4.98 Å². The van der Waals surface area contributed by atoms with E-state index in [1.165, 1.54) is 12.1 Å². The second-order valence-electron chi connectivity index (χ2n) is 6.27. The molecule has 3 aromatic rings. The highest BCUT2D eigenvalue weighted by molar-refractivity contribution is 6.34. The van der Waals surface area contributed by atoms with Gasteiger partial charge in [-0.1, -0.05) is 28.9 Å². The Morgan fingerprint density at radius 3 is 2.73 bits per heavy atom. The quantitative estimate of drug-likeness (QED) is 0.686. The second kappa shape index (κ2) is 6.53. The van der Waals surface area contributed by atoms with Gasteiger partial charge in [0.05, 0.1) is 16.6 Å². The van der Waals surface area contributed by atoms with Crippen LogP contribution in [0.2, 0.25) is 5.02 Å². The molecule has 1 aromatic heterocycles.